The van der Waals surface area contributed by atoms with E-state index in [4.69, 9.17) is 8.83 Å². The fourth-order valence-corrected chi connectivity index (χ4v) is 2.90. The first-order chi connectivity index (χ1) is 13.6. The minimum Gasteiger partial charge on any atom is -0.467 e. The zero-order valence-corrected chi connectivity index (χ0v) is 14.7. The van der Waals surface area contributed by atoms with E-state index in [1.165, 1.54) is 40.5 Å². The van der Waals surface area contributed by atoms with Gasteiger partial charge in [0.15, 0.2) is 0 Å². The lowest BCUT2D eigenvalue weighted by atomic mass is 10.2. The van der Waals surface area contributed by atoms with Crippen molar-refractivity contribution in [2.24, 2.45) is 0 Å². The maximum Gasteiger partial charge on any atom is 0.261 e. The molecule has 0 fully saturated rings. The fraction of sp³-hybridized carbons (Fsp3) is 0.150. The zero-order chi connectivity index (χ0) is 19.5. The van der Waals surface area contributed by atoms with Gasteiger partial charge in [0.05, 0.1) is 42.8 Å². The minimum atomic E-state index is -0.534. The summed E-state index contributed by atoms with van der Waals surface area (Å²) in [5.41, 5.74) is -0.105. The van der Waals surface area contributed by atoms with E-state index in [0.29, 0.717) is 17.0 Å². The average molecular weight is 381 g/mol. The van der Waals surface area contributed by atoms with Crippen molar-refractivity contribution < 1.29 is 18.0 Å². The number of hydrogen-bond donors (Lipinski definition) is 0. The lowest BCUT2D eigenvalue weighted by Gasteiger charge is -2.21. The van der Waals surface area contributed by atoms with Crippen molar-refractivity contribution in [1.29, 1.82) is 0 Å². The number of hydrogen-bond acceptors (Lipinski definition) is 5. The third-order valence-corrected chi connectivity index (χ3v) is 4.30. The van der Waals surface area contributed by atoms with Gasteiger partial charge in [-0.15, -0.1) is 0 Å². The summed E-state index contributed by atoms with van der Waals surface area (Å²) >= 11 is 0. The van der Waals surface area contributed by atoms with Gasteiger partial charge in [0, 0.05) is 0 Å². The van der Waals surface area contributed by atoms with Crippen LogP contribution in [0.15, 0.2) is 74.9 Å². The Morgan fingerprint density at radius 3 is 2.36 bits per heavy atom. The van der Waals surface area contributed by atoms with Crippen molar-refractivity contribution in [2.45, 2.75) is 19.6 Å². The molecule has 0 aliphatic carbocycles. The molecule has 1 amide bonds. The van der Waals surface area contributed by atoms with Crippen molar-refractivity contribution in [1.82, 2.24) is 14.5 Å². The lowest BCUT2D eigenvalue weighted by Crippen LogP contribution is -2.35. The SMILES string of the molecule is O=C(Cn1cnc2ccc(F)cc2c1=O)N(Cc1ccco1)Cc1ccco1. The van der Waals surface area contributed by atoms with E-state index in [-0.39, 0.29) is 30.9 Å². The summed E-state index contributed by atoms with van der Waals surface area (Å²) in [6, 6.07) is 10.8. The van der Waals surface area contributed by atoms with Crippen molar-refractivity contribution in [2.75, 3.05) is 0 Å². The van der Waals surface area contributed by atoms with E-state index >= 15 is 0 Å². The maximum atomic E-state index is 13.5. The summed E-state index contributed by atoms with van der Waals surface area (Å²) in [5.74, 6) is 0.345. The molecular weight excluding hydrogens is 365 g/mol. The molecule has 28 heavy (non-hydrogen) atoms. The van der Waals surface area contributed by atoms with Crippen LogP contribution in [0.4, 0.5) is 4.39 Å². The topological polar surface area (TPSA) is 81.5 Å². The Hall–Kier alpha value is -3.68. The number of amides is 1. The molecule has 4 rings (SSSR count). The number of aromatic nitrogens is 2. The van der Waals surface area contributed by atoms with E-state index < -0.39 is 11.4 Å². The number of nitrogens with zero attached hydrogens (tertiary/aromatic N) is 3. The monoisotopic (exact) mass is 381 g/mol. The van der Waals surface area contributed by atoms with Gasteiger partial charge in [-0.05, 0) is 42.5 Å². The van der Waals surface area contributed by atoms with Gasteiger partial charge in [0.1, 0.15) is 23.9 Å². The van der Waals surface area contributed by atoms with Crippen LogP contribution >= 0.6 is 0 Å². The van der Waals surface area contributed by atoms with Gasteiger partial charge >= 0.3 is 0 Å². The predicted octanol–water partition coefficient (Wildman–Crippen LogP) is 2.95. The van der Waals surface area contributed by atoms with Crippen molar-refractivity contribution in [3.05, 3.63) is 89.0 Å². The molecule has 0 bridgehead atoms. The molecule has 0 atom stereocenters. The summed E-state index contributed by atoms with van der Waals surface area (Å²) in [6.45, 7) is 0.202. The van der Waals surface area contributed by atoms with Gasteiger partial charge in [-0.2, -0.15) is 0 Å². The normalized spacial score (nSPS) is 11.0. The average Bonchev–Trinajstić information content (AvgIpc) is 3.38. The van der Waals surface area contributed by atoms with Crippen LogP contribution in [0.2, 0.25) is 0 Å². The molecule has 0 saturated carbocycles. The highest BCUT2D eigenvalue weighted by Crippen LogP contribution is 2.13. The Balaban J connectivity index is 1.60. The third kappa shape index (κ3) is 3.71. The van der Waals surface area contributed by atoms with Crippen LogP contribution in [-0.2, 0) is 24.4 Å². The van der Waals surface area contributed by atoms with Crippen molar-refractivity contribution >= 4 is 16.8 Å². The second-order valence-corrected chi connectivity index (χ2v) is 6.25. The molecule has 142 valence electrons. The number of benzene rings is 1. The summed E-state index contributed by atoms with van der Waals surface area (Å²) in [4.78, 5) is 31.2. The Bertz CT molecular complexity index is 1110. The molecule has 0 radical (unpaired) electrons. The van der Waals surface area contributed by atoms with E-state index in [9.17, 15) is 14.0 Å². The van der Waals surface area contributed by atoms with Gasteiger partial charge in [-0.25, -0.2) is 9.37 Å². The second-order valence-electron chi connectivity index (χ2n) is 6.25. The Kier molecular flexibility index (Phi) is 4.76. The van der Waals surface area contributed by atoms with E-state index in [1.54, 1.807) is 24.3 Å². The predicted molar refractivity (Wildman–Crippen MR) is 97.6 cm³/mol. The molecule has 3 heterocycles. The number of carbonyl (C=O) groups is 1. The Morgan fingerprint density at radius 2 is 1.75 bits per heavy atom. The number of carbonyl (C=O) groups excluding carboxylic acids is 1. The minimum absolute atomic E-state index is 0.124. The standard InChI is InChI=1S/C20H16FN3O4/c21-14-5-6-18-17(9-14)20(26)24(13-22-18)12-19(25)23(10-15-3-1-7-27-15)11-16-4-2-8-28-16/h1-9,13H,10-12H2. The molecule has 0 aliphatic rings. The van der Waals surface area contributed by atoms with E-state index in [2.05, 4.69) is 4.98 Å². The van der Waals surface area contributed by atoms with Crippen molar-refractivity contribution in [3.8, 4) is 0 Å². The van der Waals surface area contributed by atoms with Crippen LogP contribution in [-0.4, -0.2) is 20.4 Å². The van der Waals surface area contributed by atoms with E-state index in [0.717, 1.165) is 6.07 Å². The number of fused-ring (bicyclic) bond motifs is 1. The highest BCUT2D eigenvalue weighted by atomic mass is 19.1. The molecule has 4 aromatic rings. The molecule has 0 aliphatic heterocycles. The summed E-state index contributed by atoms with van der Waals surface area (Å²) in [6.07, 6.45) is 4.34. The van der Waals surface area contributed by atoms with Gasteiger partial charge < -0.3 is 13.7 Å². The molecule has 0 unspecified atom stereocenters. The quantitative estimate of drug-likeness (QED) is 0.513. The van der Waals surface area contributed by atoms with Crippen LogP contribution in [0.25, 0.3) is 10.9 Å². The molecule has 0 spiro atoms. The summed E-state index contributed by atoms with van der Waals surface area (Å²) in [5, 5.41) is 0.124. The molecule has 8 heteroatoms. The molecule has 3 aromatic heterocycles. The first-order valence-corrected chi connectivity index (χ1v) is 8.57. The molecule has 0 N–H and O–H groups in total. The van der Waals surface area contributed by atoms with Crippen LogP contribution in [0.1, 0.15) is 11.5 Å². The van der Waals surface area contributed by atoms with Crippen LogP contribution in [0.3, 0.4) is 0 Å². The number of halogens is 1. The van der Waals surface area contributed by atoms with Gasteiger partial charge in [0.25, 0.3) is 5.56 Å². The first kappa shape index (κ1) is 17.7. The molecule has 7 nitrogen and oxygen atoms in total. The second kappa shape index (κ2) is 7.51. The van der Waals surface area contributed by atoms with E-state index in [1.807, 2.05) is 0 Å². The first-order valence-electron chi connectivity index (χ1n) is 8.57. The highest BCUT2D eigenvalue weighted by molar-refractivity contribution is 5.79. The zero-order valence-electron chi connectivity index (χ0n) is 14.7. The highest BCUT2D eigenvalue weighted by Gasteiger charge is 2.19. The van der Waals surface area contributed by atoms with Gasteiger partial charge in [-0.1, -0.05) is 0 Å². The third-order valence-electron chi connectivity index (χ3n) is 4.30. The lowest BCUT2D eigenvalue weighted by molar-refractivity contribution is -0.133. The summed E-state index contributed by atoms with van der Waals surface area (Å²) < 4.78 is 25.3. The van der Waals surface area contributed by atoms with Crippen molar-refractivity contribution in [3.63, 3.8) is 0 Å². The maximum absolute atomic E-state index is 13.5. The van der Waals surface area contributed by atoms with Gasteiger partial charge in [0.2, 0.25) is 5.91 Å². The molecule has 0 saturated heterocycles. The number of furan rings is 2. The Morgan fingerprint density at radius 1 is 1.07 bits per heavy atom. The smallest absolute Gasteiger partial charge is 0.261 e. The van der Waals surface area contributed by atoms with Crippen LogP contribution in [0.5, 0.6) is 0 Å². The largest absolute Gasteiger partial charge is 0.467 e. The fourth-order valence-electron chi connectivity index (χ4n) is 2.90. The molecule has 1 aromatic carbocycles. The summed E-state index contributed by atoms with van der Waals surface area (Å²) in [7, 11) is 0. The van der Waals surface area contributed by atoms with Crippen LogP contribution in [0, 0.1) is 5.82 Å². The Labute approximate surface area is 158 Å². The van der Waals surface area contributed by atoms with Gasteiger partial charge in [-0.3, -0.25) is 14.2 Å². The number of rotatable bonds is 6. The van der Waals surface area contributed by atoms with Crippen LogP contribution < -0.4 is 5.56 Å². The molecular formula is C20H16FN3O4.